The second-order valence-electron chi connectivity index (χ2n) is 3.59. The number of nitrogens with zero attached hydrogens (tertiary/aromatic N) is 4. The Kier molecular flexibility index (Phi) is 3.60. The van der Waals surface area contributed by atoms with Crippen LogP contribution in [0.3, 0.4) is 0 Å². The van der Waals surface area contributed by atoms with Gasteiger partial charge < -0.3 is 19.4 Å². The number of carbonyl (C=O) groups is 1. The first-order chi connectivity index (χ1) is 9.13. The molecule has 1 heterocycles. The zero-order valence-corrected chi connectivity index (χ0v) is 10.4. The predicted molar refractivity (Wildman–Crippen MR) is 61.4 cm³/mol. The van der Waals surface area contributed by atoms with Crippen LogP contribution in [0.5, 0.6) is 11.5 Å². The van der Waals surface area contributed by atoms with Crippen molar-refractivity contribution in [3.8, 4) is 22.9 Å². The van der Waals surface area contributed by atoms with Crippen molar-refractivity contribution in [2.45, 2.75) is 6.54 Å². The molecule has 2 aromatic rings. The summed E-state index contributed by atoms with van der Waals surface area (Å²) in [7, 11) is 3.05. The predicted octanol–water partition coefficient (Wildman–Crippen LogP) is -0.893. The number of hydrogen-bond donors (Lipinski definition) is 0. The largest absolute Gasteiger partial charge is 0.548 e. The number of hydrogen-bond acceptors (Lipinski definition) is 7. The summed E-state index contributed by atoms with van der Waals surface area (Å²) >= 11 is 0. The van der Waals surface area contributed by atoms with Crippen molar-refractivity contribution in [1.82, 2.24) is 20.2 Å². The molecule has 2 rings (SSSR count). The maximum absolute atomic E-state index is 10.4. The fourth-order valence-electron chi connectivity index (χ4n) is 1.52. The summed E-state index contributed by atoms with van der Waals surface area (Å²) in [5, 5.41) is 21.7. The SMILES string of the molecule is COc1ccc(-c2nnn(CC(=O)[O-])n2)cc1OC. The summed E-state index contributed by atoms with van der Waals surface area (Å²) in [5.74, 6) is 0.114. The molecule has 1 aromatic carbocycles. The van der Waals surface area contributed by atoms with Crippen molar-refractivity contribution in [1.29, 1.82) is 0 Å². The van der Waals surface area contributed by atoms with Gasteiger partial charge >= 0.3 is 0 Å². The highest BCUT2D eigenvalue weighted by Crippen LogP contribution is 2.30. The Bertz CT molecular complexity index is 596. The molecule has 0 aliphatic heterocycles. The Morgan fingerprint density at radius 1 is 1.32 bits per heavy atom. The molecule has 0 atom stereocenters. The van der Waals surface area contributed by atoms with Crippen LogP contribution in [0.4, 0.5) is 0 Å². The van der Waals surface area contributed by atoms with E-state index in [1.807, 2.05) is 0 Å². The Morgan fingerprint density at radius 3 is 2.68 bits per heavy atom. The summed E-state index contributed by atoms with van der Waals surface area (Å²) < 4.78 is 10.3. The van der Waals surface area contributed by atoms with Gasteiger partial charge in [-0.15, -0.1) is 10.2 Å². The van der Waals surface area contributed by atoms with Crippen LogP contribution < -0.4 is 14.6 Å². The number of carboxylic acids is 1. The van der Waals surface area contributed by atoms with Gasteiger partial charge in [0, 0.05) is 5.56 Å². The second kappa shape index (κ2) is 5.34. The number of carbonyl (C=O) groups excluding carboxylic acids is 1. The number of ether oxygens (including phenoxy) is 2. The van der Waals surface area contributed by atoms with Crippen molar-refractivity contribution < 1.29 is 19.4 Å². The van der Waals surface area contributed by atoms with Crippen LogP contribution in [0, 0.1) is 0 Å². The van der Waals surface area contributed by atoms with Crippen LogP contribution in [0.15, 0.2) is 18.2 Å². The topological polar surface area (TPSA) is 102 Å². The lowest BCUT2D eigenvalue weighted by molar-refractivity contribution is -0.307. The van der Waals surface area contributed by atoms with E-state index < -0.39 is 12.5 Å². The Balaban J connectivity index is 2.31. The fourth-order valence-corrected chi connectivity index (χ4v) is 1.52. The molecule has 0 N–H and O–H groups in total. The average Bonchev–Trinajstić information content (AvgIpc) is 2.85. The lowest BCUT2D eigenvalue weighted by Gasteiger charge is -2.07. The molecule has 0 radical (unpaired) electrons. The van der Waals surface area contributed by atoms with E-state index in [4.69, 9.17) is 9.47 Å². The van der Waals surface area contributed by atoms with Crippen LogP contribution in [0.1, 0.15) is 0 Å². The Morgan fingerprint density at radius 2 is 2.05 bits per heavy atom. The molecule has 0 aliphatic carbocycles. The number of aliphatic carboxylic acids is 1. The molecule has 0 unspecified atom stereocenters. The number of aromatic nitrogens is 4. The first-order valence-corrected chi connectivity index (χ1v) is 5.34. The molecular formula is C11H11N4O4-. The number of methoxy groups -OCH3 is 2. The van der Waals surface area contributed by atoms with E-state index in [0.717, 1.165) is 4.80 Å². The Labute approximate surface area is 108 Å². The van der Waals surface area contributed by atoms with Gasteiger partial charge in [0.15, 0.2) is 11.5 Å². The van der Waals surface area contributed by atoms with Gasteiger partial charge in [-0.1, -0.05) is 0 Å². The third kappa shape index (κ3) is 2.79. The molecule has 19 heavy (non-hydrogen) atoms. The highest BCUT2D eigenvalue weighted by atomic mass is 16.5. The summed E-state index contributed by atoms with van der Waals surface area (Å²) in [6.07, 6.45) is 0. The minimum absolute atomic E-state index is 0.294. The molecule has 0 aliphatic rings. The molecule has 0 bridgehead atoms. The van der Waals surface area contributed by atoms with Gasteiger partial charge in [0.2, 0.25) is 5.82 Å². The van der Waals surface area contributed by atoms with Gasteiger partial charge in [0.1, 0.15) is 6.54 Å². The quantitative estimate of drug-likeness (QED) is 0.689. The average molecular weight is 263 g/mol. The molecule has 8 nitrogen and oxygen atoms in total. The van der Waals surface area contributed by atoms with Crippen molar-refractivity contribution in [2.24, 2.45) is 0 Å². The summed E-state index contributed by atoms with van der Waals surface area (Å²) in [5.41, 5.74) is 0.641. The summed E-state index contributed by atoms with van der Waals surface area (Å²) in [6.45, 7) is -0.444. The van der Waals surface area contributed by atoms with Crippen LogP contribution in [-0.4, -0.2) is 40.4 Å². The summed E-state index contributed by atoms with van der Waals surface area (Å²) in [6, 6.07) is 5.11. The highest BCUT2D eigenvalue weighted by molar-refractivity contribution is 5.64. The third-order valence-electron chi connectivity index (χ3n) is 2.37. The van der Waals surface area contributed by atoms with E-state index in [1.165, 1.54) is 14.2 Å². The molecule has 100 valence electrons. The minimum atomic E-state index is -1.28. The van der Waals surface area contributed by atoms with E-state index in [9.17, 15) is 9.90 Å². The Hall–Kier alpha value is -2.64. The van der Waals surface area contributed by atoms with Crippen molar-refractivity contribution >= 4 is 5.97 Å². The maximum Gasteiger partial charge on any atom is 0.205 e. The van der Waals surface area contributed by atoms with Crippen LogP contribution in [-0.2, 0) is 11.3 Å². The monoisotopic (exact) mass is 263 g/mol. The van der Waals surface area contributed by atoms with E-state index in [1.54, 1.807) is 18.2 Å². The van der Waals surface area contributed by atoms with Gasteiger partial charge in [0.25, 0.3) is 0 Å². The maximum atomic E-state index is 10.4. The fraction of sp³-hybridized carbons (Fsp3) is 0.273. The van der Waals surface area contributed by atoms with Gasteiger partial charge in [0.05, 0.1) is 20.2 Å². The van der Waals surface area contributed by atoms with Crippen molar-refractivity contribution in [2.75, 3.05) is 14.2 Å². The van der Waals surface area contributed by atoms with Crippen LogP contribution >= 0.6 is 0 Å². The molecule has 1 aromatic heterocycles. The van der Waals surface area contributed by atoms with Crippen molar-refractivity contribution in [3.63, 3.8) is 0 Å². The molecule has 0 fully saturated rings. The molecular weight excluding hydrogens is 252 g/mol. The van der Waals surface area contributed by atoms with Gasteiger partial charge in [-0.25, -0.2) is 0 Å². The van der Waals surface area contributed by atoms with Crippen LogP contribution in [0.25, 0.3) is 11.4 Å². The molecule has 0 spiro atoms. The molecule has 0 amide bonds. The normalized spacial score (nSPS) is 10.2. The van der Waals surface area contributed by atoms with Gasteiger partial charge in [-0.3, -0.25) is 0 Å². The lowest BCUT2D eigenvalue weighted by Crippen LogP contribution is -2.28. The minimum Gasteiger partial charge on any atom is -0.548 e. The molecule has 8 heteroatoms. The third-order valence-corrected chi connectivity index (χ3v) is 2.37. The zero-order chi connectivity index (χ0) is 13.8. The zero-order valence-electron chi connectivity index (χ0n) is 10.4. The number of tetrazole rings is 1. The first-order valence-electron chi connectivity index (χ1n) is 5.34. The van der Waals surface area contributed by atoms with E-state index in [-0.39, 0.29) is 0 Å². The van der Waals surface area contributed by atoms with E-state index in [0.29, 0.717) is 22.9 Å². The van der Waals surface area contributed by atoms with Gasteiger partial charge in [-0.05, 0) is 23.4 Å². The van der Waals surface area contributed by atoms with Crippen molar-refractivity contribution in [3.05, 3.63) is 18.2 Å². The summed E-state index contributed by atoms with van der Waals surface area (Å²) in [4.78, 5) is 11.4. The number of benzene rings is 1. The first kappa shape index (κ1) is 12.8. The van der Waals surface area contributed by atoms with E-state index >= 15 is 0 Å². The van der Waals surface area contributed by atoms with E-state index in [2.05, 4.69) is 15.4 Å². The smallest absolute Gasteiger partial charge is 0.205 e. The van der Waals surface area contributed by atoms with Gasteiger partial charge in [-0.2, -0.15) is 4.80 Å². The standard InChI is InChI=1S/C11H12N4O4/c1-18-8-4-3-7(5-9(8)19-2)11-12-14-15(13-11)6-10(16)17/h3-5H,6H2,1-2H3,(H,16,17)/p-1. The molecule has 0 saturated carbocycles. The lowest BCUT2D eigenvalue weighted by atomic mass is 10.2. The highest BCUT2D eigenvalue weighted by Gasteiger charge is 2.10. The number of rotatable bonds is 5. The number of carboxylic acid groups (broad SMARTS) is 1. The second-order valence-corrected chi connectivity index (χ2v) is 3.59. The molecule has 0 saturated heterocycles. The van der Waals surface area contributed by atoms with Crippen LogP contribution in [0.2, 0.25) is 0 Å².